The standard InChI is InChI=1S/C19H22N2O3S/c1-14(19(23)21(2)12-16-10-11-25-13-16)20-18(22)9-6-15-4-7-17(24-3)8-5-15/h4-11,13-14H,12H2,1-3H3,(H,20,22). The number of nitrogens with one attached hydrogen (secondary N) is 1. The number of ether oxygens (including phenoxy) is 1. The second-order valence-corrected chi connectivity index (χ2v) is 6.44. The number of hydrogen-bond acceptors (Lipinski definition) is 4. The number of thiophene rings is 1. The molecular weight excluding hydrogens is 336 g/mol. The van der Waals surface area contributed by atoms with Gasteiger partial charge in [-0.05, 0) is 53.1 Å². The lowest BCUT2D eigenvalue weighted by Gasteiger charge is -2.21. The summed E-state index contributed by atoms with van der Waals surface area (Å²) in [6, 6.07) is 8.75. The lowest BCUT2D eigenvalue weighted by molar-refractivity contribution is -0.134. The van der Waals surface area contributed by atoms with E-state index in [1.54, 1.807) is 43.4 Å². The van der Waals surface area contributed by atoms with Crippen LogP contribution >= 0.6 is 11.3 Å². The van der Waals surface area contributed by atoms with E-state index in [0.717, 1.165) is 16.9 Å². The molecule has 0 saturated heterocycles. The number of nitrogens with zero attached hydrogens (tertiary/aromatic N) is 1. The van der Waals surface area contributed by atoms with Crippen molar-refractivity contribution in [3.05, 3.63) is 58.3 Å². The van der Waals surface area contributed by atoms with Crippen LogP contribution in [0.2, 0.25) is 0 Å². The lowest BCUT2D eigenvalue weighted by Crippen LogP contribution is -2.44. The number of carbonyl (C=O) groups excluding carboxylic acids is 2. The number of methoxy groups -OCH3 is 1. The van der Waals surface area contributed by atoms with Crippen molar-refractivity contribution in [2.45, 2.75) is 19.5 Å². The van der Waals surface area contributed by atoms with E-state index in [4.69, 9.17) is 4.74 Å². The Kier molecular flexibility index (Phi) is 6.77. The normalized spacial score (nSPS) is 12.0. The van der Waals surface area contributed by atoms with Crippen LogP contribution in [0, 0.1) is 0 Å². The average Bonchev–Trinajstić information content (AvgIpc) is 3.12. The van der Waals surface area contributed by atoms with Gasteiger partial charge < -0.3 is 15.0 Å². The number of hydrogen-bond donors (Lipinski definition) is 1. The van der Waals surface area contributed by atoms with Gasteiger partial charge in [-0.1, -0.05) is 12.1 Å². The maximum Gasteiger partial charge on any atom is 0.244 e. The fourth-order valence-corrected chi connectivity index (χ4v) is 2.93. The SMILES string of the molecule is COc1ccc(C=CC(=O)NC(C)C(=O)N(C)Cc2ccsc2)cc1. The first-order valence-corrected chi connectivity index (χ1v) is 8.82. The Morgan fingerprint density at radius 3 is 2.60 bits per heavy atom. The highest BCUT2D eigenvalue weighted by molar-refractivity contribution is 7.07. The summed E-state index contributed by atoms with van der Waals surface area (Å²) in [5.41, 5.74) is 1.96. The summed E-state index contributed by atoms with van der Waals surface area (Å²) in [4.78, 5) is 25.9. The molecule has 1 aromatic heterocycles. The predicted octanol–water partition coefficient (Wildman–Crippen LogP) is 2.93. The molecule has 132 valence electrons. The summed E-state index contributed by atoms with van der Waals surface area (Å²) in [7, 11) is 3.34. The van der Waals surface area contributed by atoms with Crippen molar-refractivity contribution in [3.63, 3.8) is 0 Å². The number of benzene rings is 1. The molecule has 0 spiro atoms. The zero-order valence-electron chi connectivity index (χ0n) is 14.6. The summed E-state index contributed by atoms with van der Waals surface area (Å²) < 4.78 is 5.09. The number of carbonyl (C=O) groups is 2. The van der Waals surface area contributed by atoms with E-state index in [2.05, 4.69) is 5.32 Å². The van der Waals surface area contributed by atoms with Gasteiger partial charge in [-0.25, -0.2) is 0 Å². The second-order valence-electron chi connectivity index (χ2n) is 5.66. The van der Waals surface area contributed by atoms with Gasteiger partial charge in [0.2, 0.25) is 11.8 Å². The first kappa shape index (κ1) is 18.7. The largest absolute Gasteiger partial charge is 0.497 e. The first-order valence-electron chi connectivity index (χ1n) is 7.88. The molecule has 0 saturated carbocycles. The predicted molar refractivity (Wildman–Crippen MR) is 100 cm³/mol. The molecule has 1 heterocycles. The maximum atomic E-state index is 12.3. The highest BCUT2D eigenvalue weighted by Crippen LogP contribution is 2.12. The molecule has 0 aliphatic rings. The molecule has 25 heavy (non-hydrogen) atoms. The molecule has 2 rings (SSSR count). The summed E-state index contributed by atoms with van der Waals surface area (Å²) in [6.45, 7) is 2.22. The van der Waals surface area contributed by atoms with Gasteiger partial charge in [0.1, 0.15) is 11.8 Å². The topological polar surface area (TPSA) is 58.6 Å². The number of amides is 2. The molecule has 0 bridgehead atoms. The van der Waals surface area contributed by atoms with Crippen LogP contribution in [0.15, 0.2) is 47.2 Å². The van der Waals surface area contributed by atoms with Crippen LogP contribution in [-0.4, -0.2) is 36.9 Å². The van der Waals surface area contributed by atoms with Crippen LogP contribution in [0.4, 0.5) is 0 Å². The van der Waals surface area contributed by atoms with Gasteiger partial charge in [-0.15, -0.1) is 0 Å². The highest BCUT2D eigenvalue weighted by Gasteiger charge is 2.18. The molecule has 2 aromatic rings. The molecule has 2 amide bonds. The molecule has 0 aliphatic carbocycles. The minimum absolute atomic E-state index is 0.127. The number of rotatable bonds is 7. The molecule has 0 radical (unpaired) electrons. The molecule has 1 unspecified atom stereocenters. The summed E-state index contributed by atoms with van der Waals surface area (Å²) in [5, 5.41) is 6.67. The summed E-state index contributed by atoms with van der Waals surface area (Å²) >= 11 is 1.59. The van der Waals surface area contributed by atoms with Crippen LogP contribution < -0.4 is 10.1 Å². The van der Waals surface area contributed by atoms with Crippen molar-refractivity contribution < 1.29 is 14.3 Å². The third kappa shape index (κ3) is 5.76. The Morgan fingerprint density at radius 2 is 2.00 bits per heavy atom. The summed E-state index contributed by atoms with van der Waals surface area (Å²) in [5.74, 6) is 0.326. The van der Waals surface area contributed by atoms with Crippen molar-refractivity contribution >= 4 is 29.2 Å². The van der Waals surface area contributed by atoms with Crippen molar-refractivity contribution in [2.24, 2.45) is 0 Å². The van der Waals surface area contributed by atoms with Gasteiger partial charge >= 0.3 is 0 Å². The Labute approximate surface area is 151 Å². The van der Waals surface area contributed by atoms with E-state index in [1.165, 1.54) is 6.08 Å². The zero-order chi connectivity index (χ0) is 18.2. The quantitative estimate of drug-likeness (QED) is 0.774. The molecule has 5 nitrogen and oxygen atoms in total. The van der Waals surface area contributed by atoms with Crippen LogP contribution in [0.25, 0.3) is 6.08 Å². The Hall–Kier alpha value is -2.60. The molecule has 0 aliphatic heterocycles. The Bertz CT molecular complexity index is 724. The molecule has 1 atom stereocenters. The van der Waals surface area contributed by atoms with E-state index in [1.807, 2.05) is 41.1 Å². The minimum atomic E-state index is -0.586. The van der Waals surface area contributed by atoms with Crippen LogP contribution in [-0.2, 0) is 16.1 Å². The van der Waals surface area contributed by atoms with E-state index in [9.17, 15) is 9.59 Å². The van der Waals surface area contributed by atoms with Crippen molar-refractivity contribution in [1.82, 2.24) is 10.2 Å². The Balaban J connectivity index is 1.85. The second kappa shape index (κ2) is 9.03. The van der Waals surface area contributed by atoms with Crippen molar-refractivity contribution in [1.29, 1.82) is 0 Å². The van der Waals surface area contributed by atoms with E-state index in [0.29, 0.717) is 6.54 Å². The number of likely N-dealkylation sites (N-methyl/N-ethyl adjacent to an activating group) is 1. The fourth-order valence-electron chi connectivity index (χ4n) is 2.28. The van der Waals surface area contributed by atoms with Gasteiger partial charge in [0.05, 0.1) is 7.11 Å². The smallest absolute Gasteiger partial charge is 0.244 e. The third-order valence-corrected chi connectivity index (χ3v) is 4.38. The summed E-state index contributed by atoms with van der Waals surface area (Å²) in [6.07, 6.45) is 3.12. The third-order valence-electron chi connectivity index (χ3n) is 3.65. The Morgan fingerprint density at radius 1 is 1.28 bits per heavy atom. The van der Waals surface area contributed by atoms with Gasteiger partial charge in [-0.3, -0.25) is 9.59 Å². The fraction of sp³-hybridized carbons (Fsp3) is 0.263. The molecule has 0 fully saturated rings. The van der Waals surface area contributed by atoms with Crippen molar-refractivity contribution in [2.75, 3.05) is 14.2 Å². The molecular formula is C19H22N2O3S. The van der Waals surface area contributed by atoms with Crippen LogP contribution in [0.1, 0.15) is 18.1 Å². The maximum absolute atomic E-state index is 12.3. The van der Waals surface area contributed by atoms with Crippen LogP contribution in [0.5, 0.6) is 5.75 Å². The molecule has 1 aromatic carbocycles. The van der Waals surface area contributed by atoms with E-state index < -0.39 is 6.04 Å². The highest BCUT2D eigenvalue weighted by atomic mass is 32.1. The van der Waals surface area contributed by atoms with Crippen molar-refractivity contribution in [3.8, 4) is 5.75 Å². The monoisotopic (exact) mass is 358 g/mol. The van der Waals surface area contributed by atoms with Crippen LogP contribution in [0.3, 0.4) is 0 Å². The zero-order valence-corrected chi connectivity index (χ0v) is 15.4. The molecule has 1 N–H and O–H groups in total. The molecule has 6 heteroatoms. The van der Waals surface area contributed by atoms with Gasteiger partial charge in [0, 0.05) is 19.7 Å². The van der Waals surface area contributed by atoms with Gasteiger partial charge in [0.25, 0.3) is 0 Å². The lowest BCUT2D eigenvalue weighted by atomic mass is 10.2. The van der Waals surface area contributed by atoms with E-state index >= 15 is 0 Å². The van der Waals surface area contributed by atoms with E-state index in [-0.39, 0.29) is 11.8 Å². The van der Waals surface area contributed by atoms with Gasteiger partial charge in [0.15, 0.2) is 0 Å². The van der Waals surface area contributed by atoms with Gasteiger partial charge in [-0.2, -0.15) is 11.3 Å². The first-order chi connectivity index (χ1) is 12.0. The minimum Gasteiger partial charge on any atom is -0.497 e. The average molecular weight is 358 g/mol.